The number of piperidine rings is 1. The van der Waals surface area contributed by atoms with Crippen LogP contribution in [0.5, 0.6) is 5.75 Å². The maximum absolute atomic E-state index is 12.7. The Bertz CT molecular complexity index is 312. The quantitative estimate of drug-likeness (QED) is 0.807. The first-order valence-electron chi connectivity index (χ1n) is 5.39. The van der Waals surface area contributed by atoms with Gasteiger partial charge in [0.05, 0.1) is 0 Å². The fourth-order valence-electron chi connectivity index (χ4n) is 1.90. The number of hydrogen-bond acceptors (Lipinski definition) is 2. The molecule has 82 valence electrons. The predicted molar refractivity (Wildman–Crippen MR) is 57.5 cm³/mol. The minimum atomic E-state index is -0.221. The van der Waals surface area contributed by atoms with Crippen LogP contribution < -0.4 is 10.1 Å². The van der Waals surface area contributed by atoms with E-state index < -0.39 is 0 Å². The molecule has 2 unspecified atom stereocenters. The van der Waals surface area contributed by atoms with Gasteiger partial charge in [0.15, 0.2) is 0 Å². The second-order valence-corrected chi connectivity index (χ2v) is 4.07. The molecule has 2 nitrogen and oxygen atoms in total. The Morgan fingerprint density at radius 1 is 1.33 bits per heavy atom. The molecular weight excluding hydrogens is 193 g/mol. The van der Waals surface area contributed by atoms with E-state index in [0.29, 0.717) is 6.04 Å². The summed E-state index contributed by atoms with van der Waals surface area (Å²) < 4.78 is 18.4. The molecular formula is C12H16FNO. The van der Waals surface area contributed by atoms with Crippen LogP contribution in [0.3, 0.4) is 0 Å². The third-order valence-corrected chi connectivity index (χ3v) is 2.69. The lowest BCUT2D eigenvalue weighted by molar-refractivity contribution is 0.144. The summed E-state index contributed by atoms with van der Waals surface area (Å²) in [5.74, 6) is 0.538. The summed E-state index contributed by atoms with van der Waals surface area (Å²) in [5.41, 5.74) is 0. The van der Waals surface area contributed by atoms with E-state index >= 15 is 0 Å². The van der Waals surface area contributed by atoms with E-state index in [1.54, 1.807) is 12.1 Å². The maximum atomic E-state index is 12.7. The van der Waals surface area contributed by atoms with E-state index in [2.05, 4.69) is 12.2 Å². The highest BCUT2D eigenvalue weighted by Gasteiger charge is 2.19. The summed E-state index contributed by atoms with van der Waals surface area (Å²) in [6.45, 7) is 3.15. The van der Waals surface area contributed by atoms with E-state index in [9.17, 15) is 4.39 Å². The largest absolute Gasteiger partial charge is 0.490 e. The fourth-order valence-corrected chi connectivity index (χ4v) is 1.90. The molecule has 1 fully saturated rings. The Morgan fingerprint density at radius 3 is 2.73 bits per heavy atom. The summed E-state index contributed by atoms with van der Waals surface area (Å²) in [7, 11) is 0. The van der Waals surface area contributed by atoms with E-state index in [0.717, 1.165) is 25.1 Å². The molecule has 2 atom stereocenters. The molecule has 15 heavy (non-hydrogen) atoms. The average Bonchev–Trinajstić information content (AvgIpc) is 2.22. The number of ether oxygens (including phenoxy) is 1. The molecule has 0 radical (unpaired) electrons. The van der Waals surface area contributed by atoms with Gasteiger partial charge < -0.3 is 10.1 Å². The minimum absolute atomic E-state index is 0.221. The van der Waals surface area contributed by atoms with E-state index in [1.165, 1.54) is 12.1 Å². The van der Waals surface area contributed by atoms with Gasteiger partial charge in [-0.05, 0) is 50.6 Å². The molecule has 0 saturated carbocycles. The summed E-state index contributed by atoms with van der Waals surface area (Å²) in [6.07, 6.45) is 2.28. The van der Waals surface area contributed by atoms with Gasteiger partial charge in [-0.25, -0.2) is 4.39 Å². The molecule has 0 aromatic heterocycles. The Balaban J connectivity index is 1.93. The number of halogens is 1. The van der Waals surface area contributed by atoms with Crippen LogP contribution in [0.25, 0.3) is 0 Å². The van der Waals surface area contributed by atoms with Crippen LogP contribution in [0.4, 0.5) is 4.39 Å². The molecule has 1 aliphatic rings. The third kappa shape index (κ3) is 2.93. The predicted octanol–water partition coefficient (Wildman–Crippen LogP) is 2.34. The smallest absolute Gasteiger partial charge is 0.123 e. The van der Waals surface area contributed by atoms with Crippen molar-refractivity contribution in [2.45, 2.75) is 31.9 Å². The van der Waals surface area contributed by atoms with Crippen molar-refractivity contribution in [3.05, 3.63) is 30.1 Å². The number of benzene rings is 1. The molecule has 1 aromatic rings. The molecule has 0 bridgehead atoms. The van der Waals surface area contributed by atoms with Gasteiger partial charge in [0.2, 0.25) is 0 Å². The average molecular weight is 209 g/mol. The van der Waals surface area contributed by atoms with Crippen molar-refractivity contribution in [1.29, 1.82) is 0 Å². The van der Waals surface area contributed by atoms with Crippen molar-refractivity contribution < 1.29 is 9.13 Å². The normalized spacial score (nSPS) is 26.3. The molecule has 1 aromatic carbocycles. The van der Waals surface area contributed by atoms with Crippen LogP contribution in [0, 0.1) is 5.82 Å². The fraction of sp³-hybridized carbons (Fsp3) is 0.500. The van der Waals surface area contributed by atoms with Crippen LogP contribution in [0.2, 0.25) is 0 Å². The van der Waals surface area contributed by atoms with Crippen molar-refractivity contribution in [2.75, 3.05) is 6.54 Å². The first-order chi connectivity index (χ1) is 7.24. The number of nitrogens with one attached hydrogen (secondary N) is 1. The van der Waals surface area contributed by atoms with Crippen LogP contribution in [-0.4, -0.2) is 18.7 Å². The van der Waals surface area contributed by atoms with Gasteiger partial charge in [-0.2, -0.15) is 0 Å². The summed E-state index contributed by atoms with van der Waals surface area (Å²) in [5, 5.41) is 3.37. The topological polar surface area (TPSA) is 21.3 Å². The van der Waals surface area contributed by atoms with Crippen LogP contribution in [-0.2, 0) is 0 Å². The SMILES string of the molecule is CC1CC(Oc2ccc(F)cc2)CCN1. The van der Waals surface area contributed by atoms with Gasteiger partial charge in [0, 0.05) is 6.04 Å². The van der Waals surface area contributed by atoms with Crippen LogP contribution in [0.1, 0.15) is 19.8 Å². The molecule has 3 heteroatoms. The van der Waals surface area contributed by atoms with Crippen molar-refractivity contribution in [3.63, 3.8) is 0 Å². The van der Waals surface area contributed by atoms with Crippen molar-refractivity contribution in [2.24, 2.45) is 0 Å². The lowest BCUT2D eigenvalue weighted by atomic mass is 10.0. The Morgan fingerprint density at radius 2 is 2.07 bits per heavy atom. The number of hydrogen-bond donors (Lipinski definition) is 1. The first-order valence-corrected chi connectivity index (χ1v) is 5.39. The van der Waals surface area contributed by atoms with Crippen LogP contribution >= 0.6 is 0 Å². The minimum Gasteiger partial charge on any atom is -0.490 e. The second-order valence-electron chi connectivity index (χ2n) is 4.07. The van der Waals surface area contributed by atoms with Gasteiger partial charge in [0.1, 0.15) is 17.7 Å². The zero-order chi connectivity index (χ0) is 10.7. The van der Waals surface area contributed by atoms with Gasteiger partial charge in [-0.3, -0.25) is 0 Å². The van der Waals surface area contributed by atoms with Crippen molar-refractivity contribution in [3.8, 4) is 5.75 Å². The molecule has 1 saturated heterocycles. The highest BCUT2D eigenvalue weighted by atomic mass is 19.1. The molecule has 1 aliphatic heterocycles. The zero-order valence-electron chi connectivity index (χ0n) is 8.87. The van der Waals surface area contributed by atoms with E-state index in [1.807, 2.05) is 0 Å². The van der Waals surface area contributed by atoms with Crippen molar-refractivity contribution >= 4 is 0 Å². The highest BCUT2D eigenvalue weighted by molar-refractivity contribution is 5.22. The summed E-state index contributed by atoms with van der Waals surface area (Å²) >= 11 is 0. The monoisotopic (exact) mass is 209 g/mol. The molecule has 0 spiro atoms. The maximum Gasteiger partial charge on any atom is 0.123 e. The van der Waals surface area contributed by atoms with E-state index in [-0.39, 0.29) is 11.9 Å². The zero-order valence-corrected chi connectivity index (χ0v) is 8.87. The first kappa shape index (κ1) is 10.4. The highest BCUT2D eigenvalue weighted by Crippen LogP contribution is 2.18. The Labute approximate surface area is 89.4 Å². The Hall–Kier alpha value is -1.09. The summed E-state index contributed by atoms with van der Waals surface area (Å²) in [4.78, 5) is 0. The summed E-state index contributed by atoms with van der Waals surface area (Å²) in [6, 6.07) is 6.73. The Kier molecular flexibility index (Phi) is 3.21. The van der Waals surface area contributed by atoms with Gasteiger partial charge in [-0.15, -0.1) is 0 Å². The van der Waals surface area contributed by atoms with Crippen LogP contribution in [0.15, 0.2) is 24.3 Å². The molecule has 1 N–H and O–H groups in total. The number of rotatable bonds is 2. The molecule has 0 aliphatic carbocycles. The molecule has 0 amide bonds. The standard InChI is InChI=1S/C12H16FNO/c1-9-8-12(6-7-14-9)15-11-4-2-10(13)3-5-11/h2-5,9,12,14H,6-8H2,1H3. The lowest BCUT2D eigenvalue weighted by Crippen LogP contribution is -2.40. The van der Waals surface area contributed by atoms with Gasteiger partial charge in [-0.1, -0.05) is 0 Å². The molecule has 2 rings (SSSR count). The third-order valence-electron chi connectivity index (χ3n) is 2.69. The van der Waals surface area contributed by atoms with Gasteiger partial charge >= 0.3 is 0 Å². The molecule has 1 heterocycles. The van der Waals surface area contributed by atoms with Crippen molar-refractivity contribution in [1.82, 2.24) is 5.32 Å². The van der Waals surface area contributed by atoms with Gasteiger partial charge in [0.25, 0.3) is 0 Å². The van der Waals surface area contributed by atoms with E-state index in [4.69, 9.17) is 4.74 Å². The lowest BCUT2D eigenvalue weighted by Gasteiger charge is -2.28. The second kappa shape index (κ2) is 4.62.